The molecule has 1 atom stereocenters. The summed E-state index contributed by atoms with van der Waals surface area (Å²) in [5, 5.41) is 12.1. The number of nitrogens with one attached hydrogen (secondary N) is 1. The molecule has 0 saturated carbocycles. The molecule has 2 aromatic rings. The molecule has 9 heteroatoms. The lowest BCUT2D eigenvalue weighted by Crippen LogP contribution is -2.35. The zero-order valence-electron chi connectivity index (χ0n) is 18.3. The van der Waals surface area contributed by atoms with Crippen LogP contribution < -0.4 is 19.5 Å². The standard InChI is InChI=1S/C22H30N4O5/c1-28-17-12-15(13-18(29-2)20(17)30-3)22(27)23-16-4-5-19-24-25-21(26(19)9-6-16)14-7-10-31-11-8-14/h12-14,16H,4-11H2,1-3H3,(H,23,27). The minimum atomic E-state index is -0.161. The maximum Gasteiger partial charge on any atom is 0.251 e. The topological polar surface area (TPSA) is 96.7 Å². The van der Waals surface area contributed by atoms with Gasteiger partial charge in [-0.3, -0.25) is 4.79 Å². The molecule has 3 heterocycles. The predicted molar refractivity (Wildman–Crippen MR) is 113 cm³/mol. The molecule has 0 bridgehead atoms. The zero-order valence-corrected chi connectivity index (χ0v) is 18.3. The molecule has 2 aliphatic heterocycles. The number of aromatic nitrogens is 3. The van der Waals surface area contributed by atoms with Crippen LogP contribution in [-0.2, 0) is 17.7 Å². The van der Waals surface area contributed by atoms with Gasteiger partial charge in [-0.25, -0.2) is 0 Å². The highest BCUT2D eigenvalue weighted by Gasteiger charge is 2.27. The van der Waals surface area contributed by atoms with E-state index in [9.17, 15) is 4.79 Å². The number of benzene rings is 1. The number of aryl methyl sites for hydroxylation is 1. The van der Waals surface area contributed by atoms with Crippen LogP contribution in [0.4, 0.5) is 0 Å². The normalized spacial score (nSPS) is 19.3. The first-order chi connectivity index (χ1) is 15.1. The number of ether oxygens (including phenoxy) is 4. The van der Waals surface area contributed by atoms with E-state index in [1.807, 2.05) is 0 Å². The molecule has 0 aliphatic carbocycles. The third-order valence-electron chi connectivity index (χ3n) is 6.12. The third kappa shape index (κ3) is 4.46. The van der Waals surface area contributed by atoms with E-state index >= 15 is 0 Å². The van der Waals surface area contributed by atoms with Crippen molar-refractivity contribution in [3.05, 3.63) is 29.3 Å². The van der Waals surface area contributed by atoms with Gasteiger partial charge in [0, 0.05) is 43.7 Å². The number of hydrogen-bond acceptors (Lipinski definition) is 7. The van der Waals surface area contributed by atoms with Gasteiger partial charge in [-0.05, 0) is 37.8 Å². The Morgan fingerprint density at radius 2 is 1.74 bits per heavy atom. The van der Waals surface area contributed by atoms with E-state index in [0.29, 0.717) is 28.7 Å². The van der Waals surface area contributed by atoms with Crippen molar-refractivity contribution in [2.75, 3.05) is 34.5 Å². The van der Waals surface area contributed by atoms with Crippen LogP contribution in [0.1, 0.15) is 53.6 Å². The lowest BCUT2D eigenvalue weighted by Gasteiger charge is -2.22. The highest BCUT2D eigenvalue weighted by Crippen LogP contribution is 2.38. The Hall–Kier alpha value is -2.81. The van der Waals surface area contributed by atoms with Gasteiger partial charge in [0.1, 0.15) is 11.6 Å². The fourth-order valence-electron chi connectivity index (χ4n) is 4.39. The van der Waals surface area contributed by atoms with Gasteiger partial charge in [0.15, 0.2) is 11.5 Å². The minimum absolute atomic E-state index is 0.0517. The molecule has 1 aromatic carbocycles. The van der Waals surface area contributed by atoms with Crippen molar-refractivity contribution in [2.45, 2.75) is 50.6 Å². The van der Waals surface area contributed by atoms with Gasteiger partial charge in [-0.15, -0.1) is 10.2 Å². The summed E-state index contributed by atoms with van der Waals surface area (Å²) in [4.78, 5) is 13.0. The SMILES string of the molecule is COc1cc(C(=O)NC2CCc3nnc(C4CCOCC4)n3CC2)cc(OC)c1OC. The Balaban J connectivity index is 1.45. The Bertz CT molecular complexity index is 898. The Morgan fingerprint density at radius 3 is 2.39 bits per heavy atom. The van der Waals surface area contributed by atoms with E-state index in [4.69, 9.17) is 18.9 Å². The summed E-state index contributed by atoms with van der Waals surface area (Å²) in [6, 6.07) is 3.40. The predicted octanol–water partition coefficient (Wildman–Crippen LogP) is 2.33. The first-order valence-electron chi connectivity index (χ1n) is 10.7. The molecule has 168 valence electrons. The molecule has 1 fully saturated rings. The van der Waals surface area contributed by atoms with Crippen LogP contribution in [0.3, 0.4) is 0 Å². The highest BCUT2D eigenvalue weighted by molar-refractivity contribution is 5.95. The van der Waals surface area contributed by atoms with Gasteiger partial charge in [0.2, 0.25) is 5.75 Å². The van der Waals surface area contributed by atoms with Crippen LogP contribution in [0.15, 0.2) is 12.1 Å². The van der Waals surface area contributed by atoms with Crippen LogP contribution in [0.5, 0.6) is 17.2 Å². The van der Waals surface area contributed by atoms with Crippen molar-refractivity contribution >= 4 is 5.91 Å². The average molecular weight is 431 g/mol. The largest absolute Gasteiger partial charge is 0.493 e. The van der Waals surface area contributed by atoms with E-state index in [2.05, 4.69) is 20.1 Å². The second-order valence-corrected chi connectivity index (χ2v) is 7.92. The van der Waals surface area contributed by atoms with E-state index in [0.717, 1.165) is 63.5 Å². The van der Waals surface area contributed by atoms with Crippen molar-refractivity contribution in [1.82, 2.24) is 20.1 Å². The number of fused-ring (bicyclic) bond motifs is 1. The average Bonchev–Trinajstić information content (AvgIpc) is 3.12. The lowest BCUT2D eigenvalue weighted by atomic mass is 9.99. The highest BCUT2D eigenvalue weighted by atomic mass is 16.5. The molecule has 0 spiro atoms. The Morgan fingerprint density at radius 1 is 1.03 bits per heavy atom. The van der Waals surface area contributed by atoms with Gasteiger partial charge in [-0.2, -0.15) is 0 Å². The fourth-order valence-corrected chi connectivity index (χ4v) is 4.39. The fraction of sp³-hybridized carbons (Fsp3) is 0.591. The smallest absolute Gasteiger partial charge is 0.251 e. The Labute approximate surface area is 182 Å². The van der Waals surface area contributed by atoms with Crippen LogP contribution in [0.25, 0.3) is 0 Å². The summed E-state index contributed by atoms with van der Waals surface area (Å²) >= 11 is 0. The number of nitrogens with zero attached hydrogens (tertiary/aromatic N) is 3. The second-order valence-electron chi connectivity index (χ2n) is 7.92. The molecule has 1 aromatic heterocycles. The molecule has 31 heavy (non-hydrogen) atoms. The molecule has 0 radical (unpaired) electrons. The van der Waals surface area contributed by atoms with Crippen LogP contribution in [0.2, 0.25) is 0 Å². The minimum Gasteiger partial charge on any atom is -0.493 e. The van der Waals surface area contributed by atoms with Crippen LogP contribution >= 0.6 is 0 Å². The first-order valence-corrected chi connectivity index (χ1v) is 10.7. The number of carbonyl (C=O) groups excluding carboxylic acids is 1. The van der Waals surface area contributed by atoms with E-state index in [-0.39, 0.29) is 11.9 Å². The molecular weight excluding hydrogens is 400 g/mol. The van der Waals surface area contributed by atoms with Crippen LogP contribution in [-0.4, -0.2) is 61.3 Å². The van der Waals surface area contributed by atoms with E-state index in [1.54, 1.807) is 19.2 Å². The first kappa shape index (κ1) is 21.4. The quantitative estimate of drug-likeness (QED) is 0.751. The summed E-state index contributed by atoms with van der Waals surface area (Å²) in [6.07, 6.45) is 4.41. The third-order valence-corrected chi connectivity index (χ3v) is 6.12. The number of hydrogen-bond donors (Lipinski definition) is 1. The molecule has 1 saturated heterocycles. The molecule has 4 rings (SSSR count). The summed E-state index contributed by atoms with van der Waals surface area (Å²) in [5.41, 5.74) is 0.473. The zero-order chi connectivity index (χ0) is 21.8. The second kappa shape index (κ2) is 9.55. The van der Waals surface area contributed by atoms with Crippen molar-refractivity contribution < 1.29 is 23.7 Å². The maximum atomic E-state index is 13.0. The van der Waals surface area contributed by atoms with E-state index < -0.39 is 0 Å². The number of rotatable bonds is 6. The van der Waals surface area contributed by atoms with Gasteiger partial charge >= 0.3 is 0 Å². The van der Waals surface area contributed by atoms with Crippen molar-refractivity contribution in [1.29, 1.82) is 0 Å². The molecule has 9 nitrogen and oxygen atoms in total. The summed E-state index contributed by atoms with van der Waals surface area (Å²) in [5.74, 6) is 3.70. The number of carbonyl (C=O) groups is 1. The van der Waals surface area contributed by atoms with E-state index in [1.165, 1.54) is 14.2 Å². The van der Waals surface area contributed by atoms with Crippen molar-refractivity contribution in [2.24, 2.45) is 0 Å². The van der Waals surface area contributed by atoms with Gasteiger partial charge in [0.05, 0.1) is 21.3 Å². The van der Waals surface area contributed by atoms with Gasteiger partial charge in [-0.1, -0.05) is 0 Å². The van der Waals surface area contributed by atoms with Gasteiger partial charge in [0.25, 0.3) is 5.91 Å². The summed E-state index contributed by atoms with van der Waals surface area (Å²) in [7, 11) is 4.62. The number of amides is 1. The monoisotopic (exact) mass is 430 g/mol. The molecule has 1 unspecified atom stereocenters. The summed E-state index contributed by atoms with van der Waals surface area (Å²) < 4.78 is 23.8. The molecule has 2 aliphatic rings. The van der Waals surface area contributed by atoms with Crippen molar-refractivity contribution in [3.63, 3.8) is 0 Å². The summed E-state index contributed by atoms with van der Waals surface area (Å²) in [6.45, 7) is 2.36. The lowest BCUT2D eigenvalue weighted by molar-refractivity contribution is 0.0826. The Kier molecular flexibility index (Phi) is 6.60. The molecule has 1 N–H and O–H groups in total. The van der Waals surface area contributed by atoms with Crippen molar-refractivity contribution in [3.8, 4) is 17.2 Å². The maximum absolute atomic E-state index is 13.0. The van der Waals surface area contributed by atoms with Gasteiger partial charge < -0.3 is 28.8 Å². The molecule has 1 amide bonds. The number of methoxy groups -OCH3 is 3. The van der Waals surface area contributed by atoms with Crippen LogP contribution in [0, 0.1) is 0 Å². The molecular formula is C22H30N4O5.